The molecule has 7 nitrogen and oxygen atoms in total. The number of carbonyl (C=O) groups excluding carboxylic acids is 1. The van der Waals surface area contributed by atoms with Gasteiger partial charge < -0.3 is 4.74 Å². The van der Waals surface area contributed by atoms with Gasteiger partial charge in [0.2, 0.25) is 0 Å². The predicted octanol–water partition coefficient (Wildman–Crippen LogP) is 3.84. The predicted molar refractivity (Wildman–Crippen MR) is 121 cm³/mol. The summed E-state index contributed by atoms with van der Waals surface area (Å²) < 4.78 is 8.07. The number of aromatic nitrogens is 3. The zero-order chi connectivity index (χ0) is 21.1. The van der Waals surface area contributed by atoms with Crippen molar-refractivity contribution in [3.8, 4) is 0 Å². The van der Waals surface area contributed by atoms with Gasteiger partial charge in [0.15, 0.2) is 5.13 Å². The Morgan fingerprint density at radius 3 is 2.83 bits per heavy atom. The van der Waals surface area contributed by atoms with Gasteiger partial charge in [-0.05, 0) is 38.0 Å². The number of ether oxygens (including phenoxy) is 1. The average molecular weight is 448 g/mol. The Morgan fingerprint density at radius 1 is 1.30 bits per heavy atom. The van der Waals surface area contributed by atoms with E-state index in [-0.39, 0.29) is 5.91 Å². The van der Waals surface area contributed by atoms with Crippen molar-refractivity contribution in [2.75, 3.05) is 44.3 Å². The lowest BCUT2D eigenvalue weighted by molar-refractivity contribution is 0.0376. The lowest BCUT2D eigenvalue weighted by atomic mass is 10.2. The third kappa shape index (κ3) is 4.37. The Hall–Kier alpha value is -2.00. The zero-order valence-electron chi connectivity index (χ0n) is 17.3. The number of hydrogen-bond donors (Lipinski definition) is 0. The van der Waals surface area contributed by atoms with E-state index in [1.54, 1.807) is 21.8 Å². The number of halogens is 1. The molecule has 3 heterocycles. The van der Waals surface area contributed by atoms with Gasteiger partial charge in [-0.2, -0.15) is 5.10 Å². The van der Waals surface area contributed by atoms with Crippen LogP contribution in [0.2, 0.25) is 5.02 Å². The summed E-state index contributed by atoms with van der Waals surface area (Å²) in [5.74, 6) is -0.0795. The van der Waals surface area contributed by atoms with E-state index in [2.05, 4.69) is 10.00 Å². The molecule has 1 aliphatic rings. The summed E-state index contributed by atoms with van der Waals surface area (Å²) in [5, 5.41) is 5.61. The van der Waals surface area contributed by atoms with Crippen LogP contribution in [0.25, 0.3) is 10.2 Å². The number of aryl methyl sites for hydroxylation is 2. The van der Waals surface area contributed by atoms with E-state index in [0.717, 1.165) is 55.0 Å². The van der Waals surface area contributed by atoms with E-state index in [1.165, 1.54) is 11.3 Å². The molecule has 1 saturated heterocycles. The number of benzene rings is 1. The normalized spacial score (nSPS) is 15.0. The second kappa shape index (κ2) is 9.43. The van der Waals surface area contributed by atoms with E-state index in [4.69, 9.17) is 21.3 Å². The SMILES string of the molecule is CCn1nccc1C(=O)N(CCCN1CCOCC1)c1nc2c(C)ccc(Cl)c2s1. The molecule has 1 fully saturated rings. The molecule has 0 bridgehead atoms. The van der Waals surface area contributed by atoms with Crippen LogP contribution in [0.5, 0.6) is 0 Å². The number of morpholine rings is 1. The molecule has 1 aliphatic heterocycles. The average Bonchev–Trinajstić information content (AvgIpc) is 3.42. The summed E-state index contributed by atoms with van der Waals surface area (Å²) in [5.41, 5.74) is 2.49. The molecule has 2 aromatic heterocycles. The van der Waals surface area contributed by atoms with Crippen LogP contribution in [-0.4, -0.2) is 65.0 Å². The van der Waals surface area contributed by atoms with Crippen LogP contribution in [0.1, 0.15) is 29.4 Å². The summed E-state index contributed by atoms with van der Waals surface area (Å²) in [4.78, 5) is 22.4. The third-order valence-electron chi connectivity index (χ3n) is 5.36. The van der Waals surface area contributed by atoms with Crippen LogP contribution in [0.3, 0.4) is 0 Å². The number of thiazole rings is 1. The summed E-state index contributed by atoms with van der Waals surface area (Å²) in [7, 11) is 0. The molecular weight excluding hydrogens is 422 g/mol. The summed E-state index contributed by atoms with van der Waals surface area (Å²) in [6, 6.07) is 5.62. The van der Waals surface area contributed by atoms with Gasteiger partial charge in [-0.1, -0.05) is 29.0 Å². The quantitative estimate of drug-likeness (QED) is 0.550. The van der Waals surface area contributed by atoms with Crippen LogP contribution in [-0.2, 0) is 11.3 Å². The van der Waals surface area contributed by atoms with Gasteiger partial charge >= 0.3 is 0 Å². The second-order valence-electron chi connectivity index (χ2n) is 7.34. The summed E-state index contributed by atoms with van der Waals surface area (Å²) in [6.45, 7) is 9.56. The fraction of sp³-hybridized carbons (Fsp3) is 0.476. The Labute approximate surface area is 185 Å². The fourth-order valence-corrected chi connectivity index (χ4v) is 5.01. The largest absolute Gasteiger partial charge is 0.379 e. The highest BCUT2D eigenvalue weighted by Gasteiger charge is 2.25. The molecule has 30 heavy (non-hydrogen) atoms. The van der Waals surface area contributed by atoms with Crippen LogP contribution in [0, 0.1) is 6.92 Å². The number of amides is 1. The standard InChI is InChI=1S/C21H26ClN5O2S/c1-3-27-17(7-8-23-27)20(28)26(10-4-9-25-11-13-29-14-12-25)21-24-18-15(2)5-6-16(22)19(18)30-21/h5-8H,3-4,9-14H2,1-2H3. The number of rotatable bonds is 7. The Bertz CT molecular complexity index is 989. The van der Waals surface area contributed by atoms with Crippen LogP contribution < -0.4 is 4.90 Å². The van der Waals surface area contributed by atoms with Crippen molar-refractivity contribution in [2.24, 2.45) is 0 Å². The maximum atomic E-state index is 13.5. The van der Waals surface area contributed by atoms with Gasteiger partial charge in [0, 0.05) is 38.9 Å². The second-order valence-corrected chi connectivity index (χ2v) is 8.72. The smallest absolute Gasteiger partial charge is 0.278 e. The Morgan fingerprint density at radius 2 is 2.10 bits per heavy atom. The molecule has 9 heteroatoms. The van der Waals surface area contributed by atoms with Crippen molar-refractivity contribution >= 4 is 44.2 Å². The molecule has 4 rings (SSSR count). The van der Waals surface area contributed by atoms with E-state index < -0.39 is 0 Å². The van der Waals surface area contributed by atoms with Crippen molar-refractivity contribution in [1.82, 2.24) is 19.7 Å². The van der Waals surface area contributed by atoms with Gasteiger partial charge in [-0.15, -0.1) is 0 Å². The van der Waals surface area contributed by atoms with E-state index in [0.29, 0.717) is 28.9 Å². The topological polar surface area (TPSA) is 63.5 Å². The van der Waals surface area contributed by atoms with Gasteiger partial charge in [-0.3, -0.25) is 19.3 Å². The van der Waals surface area contributed by atoms with Crippen LogP contribution >= 0.6 is 22.9 Å². The fourth-order valence-electron chi connectivity index (χ4n) is 3.67. The monoisotopic (exact) mass is 447 g/mol. The van der Waals surface area contributed by atoms with Gasteiger partial charge in [0.1, 0.15) is 5.69 Å². The highest BCUT2D eigenvalue weighted by molar-refractivity contribution is 7.23. The molecule has 3 aromatic rings. The van der Waals surface area contributed by atoms with Crippen molar-refractivity contribution < 1.29 is 9.53 Å². The minimum atomic E-state index is -0.0795. The number of nitrogens with zero attached hydrogens (tertiary/aromatic N) is 5. The van der Waals surface area contributed by atoms with Crippen LogP contribution in [0.4, 0.5) is 5.13 Å². The molecule has 0 atom stereocenters. The van der Waals surface area contributed by atoms with E-state index >= 15 is 0 Å². The maximum Gasteiger partial charge on any atom is 0.278 e. The van der Waals surface area contributed by atoms with E-state index in [9.17, 15) is 4.79 Å². The molecule has 0 saturated carbocycles. The number of fused-ring (bicyclic) bond motifs is 1. The van der Waals surface area contributed by atoms with Crippen LogP contribution in [0.15, 0.2) is 24.4 Å². The van der Waals surface area contributed by atoms with Crippen molar-refractivity contribution in [1.29, 1.82) is 0 Å². The minimum Gasteiger partial charge on any atom is -0.379 e. The molecule has 0 unspecified atom stereocenters. The van der Waals surface area contributed by atoms with Crippen molar-refractivity contribution in [3.63, 3.8) is 0 Å². The molecule has 0 aliphatic carbocycles. The number of carbonyl (C=O) groups is 1. The lowest BCUT2D eigenvalue weighted by Gasteiger charge is -2.27. The minimum absolute atomic E-state index is 0.0795. The maximum absolute atomic E-state index is 13.5. The highest BCUT2D eigenvalue weighted by Crippen LogP contribution is 2.36. The third-order valence-corrected chi connectivity index (χ3v) is 6.90. The summed E-state index contributed by atoms with van der Waals surface area (Å²) in [6.07, 6.45) is 2.52. The first kappa shape index (κ1) is 21.2. The number of anilines is 1. The van der Waals surface area contributed by atoms with Crippen molar-refractivity contribution in [3.05, 3.63) is 40.7 Å². The first-order valence-corrected chi connectivity index (χ1v) is 11.5. The molecule has 0 spiro atoms. The Balaban J connectivity index is 1.62. The first-order chi connectivity index (χ1) is 14.6. The highest BCUT2D eigenvalue weighted by atomic mass is 35.5. The first-order valence-electron chi connectivity index (χ1n) is 10.3. The molecule has 1 aromatic carbocycles. The summed E-state index contributed by atoms with van der Waals surface area (Å²) >= 11 is 7.88. The molecular formula is C21H26ClN5O2S. The molecule has 1 amide bonds. The number of hydrogen-bond acceptors (Lipinski definition) is 6. The van der Waals surface area contributed by atoms with Gasteiger partial charge in [0.25, 0.3) is 5.91 Å². The van der Waals surface area contributed by atoms with Gasteiger partial charge in [0.05, 0.1) is 28.5 Å². The zero-order valence-corrected chi connectivity index (χ0v) is 18.9. The van der Waals surface area contributed by atoms with E-state index in [1.807, 2.05) is 26.0 Å². The van der Waals surface area contributed by atoms with Gasteiger partial charge in [-0.25, -0.2) is 4.98 Å². The molecule has 0 radical (unpaired) electrons. The van der Waals surface area contributed by atoms with Crippen molar-refractivity contribution in [2.45, 2.75) is 26.8 Å². The Kier molecular flexibility index (Phi) is 6.67. The molecule has 160 valence electrons. The molecule has 0 N–H and O–H groups in total. The lowest BCUT2D eigenvalue weighted by Crippen LogP contribution is -2.39.